The molecule has 26 heteroatoms. The van der Waals surface area contributed by atoms with Gasteiger partial charge in [-0.15, -0.1) is 0 Å². The highest BCUT2D eigenvalue weighted by molar-refractivity contribution is 6.01. The van der Waals surface area contributed by atoms with E-state index >= 15 is 4.39 Å². The largest absolute Gasteiger partial charge is 0.487 e. The van der Waals surface area contributed by atoms with Gasteiger partial charge in [-0.05, 0) is 91.2 Å². The van der Waals surface area contributed by atoms with Crippen LogP contribution in [0.15, 0.2) is 79.3 Å². The number of aryl methyl sites for hydroxylation is 1. The first-order valence-electron chi connectivity index (χ1n) is 23.7. The van der Waals surface area contributed by atoms with E-state index in [0.29, 0.717) is 110 Å². The lowest BCUT2D eigenvalue weighted by Gasteiger charge is -2.28. The number of ether oxygens (including phenoxy) is 5. The summed E-state index contributed by atoms with van der Waals surface area (Å²) in [6.45, 7) is 7.82. The highest BCUT2D eigenvalue weighted by atomic mass is 19.4. The number of nitrogens with zero attached hydrogens (tertiary/aromatic N) is 7. The van der Waals surface area contributed by atoms with E-state index < -0.39 is 41.8 Å². The summed E-state index contributed by atoms with van der Waals surface area (Å²) < 4.78 is 125. The molecule has 0 saturated carbocycles. The molecule has 0 atom stereocenters. The third kappa shape index (κ3) is 14.0. The molecule has 2 saturated heterocycles. The molecule has 76 heavy (non-hydrogen) atoms. The van der Waals surface area contributed by atoms with Crippen molar-refractivity contribution in [3.63, 3.8) is 0 Å². The monoisotopic (exact) mass is 1060 g/mol. The normalized spacial score (nSPS) is 14.0. The zero-order chi connectivity index (χ0) is 54.0. The summed E-state index contributed by atoms with van der Waals surface area (Å²) in [4.78, 5) is 49.8. The molecular formula is C50H51F7N12O7. The minimum absolute atomic E-state index is 0.0670. The number of rotatable bonds is 17. The van der Waals surface area contributed by atoms with E-state index in [-0.39, 0.29) is 54.4 Å². The highest BCUT2D eigenvalue weighted by Crippen LogP contribution is 2.40. The lowest BCUT2D eigenvalue weighted by Crippen LogP contribution is -2.36. The number of carbonyl (C=O) groups excluding carboxylic acids is 2. The van der Waals surface area contributed by atoms with Crippen molar-refractivity contribution in [2.75, 3.05) is 117 Å². The van der Waals surface area contributed by atoms with Crippen molar-refractivity contribution in [3.8, 4) is 39.8 Å². The van der Waals surface area contributed by atoms with Crippen LogP contribution in [0.1, 0.15) is 22.6 Å². The summed E-state index contributed by atoms with van der Waals surface area (Å²) in [6, 6.07) is 13.5. The number of halogens is 7. The molecule has 19 nitrogen and oxygen atoms in total. The number of pyridine rings is 3. The number of likely N-dealkylation sites (N-methyl/N-ethyl adjacent to an activating group) is 1. The van der Waals surface area contributed by atoms with Gasteiger partial charge in [0.05, 0.1) is 62.1 Å². The van der Waals surface area contributed by atoms with Crippen LogP contribution in [0.3, 0.4) is 0 Å². The zero-order valence-electron chi connectivity index (χ0n) is 41.1. The van der Waals surface area contributed by atoms with Gasteiger partial charge in [0.15, 0.2) is 11.6 Å². The number of aromatic nitrogens is 5. The van der Waals surface area contributed by atoms with E-state index in [4.69, 9.17) is 33.7 Å². The van der Waals surface area contributed by atoms with Crippen molar-refractivity contribution < 1.29 is 64.0 Å². The van der Waals surface area contributed by atoms with Crippen LogP contribution in [0.25, 0.3) is 22.3 Å². The minimum Gasteiger partial charge on any atom is -0.487 e. The third-order valence-electron chi connectivity index (χ3n) is 11.7. The maximum absolute atomic E-state index is 16.8. The van der Waals surface area contributed by atoms with Gasteiger partial charge in [-0.2, -0.15) is 36.3 Å². The van der Waals surface area contributed by atoms with E-state index in [1.165, 1.54) is 6.07 Å². The predicted molar refractivity (Wildman–Crippen MR) is 267 cm³/mol. The predicted octanol–water partition coefficient (Wildman–Crippen LogP) is 8.81. The number of hydrogen-bond donors (Lipinski definition) is 5. The molecule has 8 rings (SSSR count). The molecule has 5 N–H and O–H groups in total. The van der Waals surface area contributed by atoms with Crippen LogP contribution >= 0.6 is 0 Å². The maximum Gasteiger partial charge on any atom is 0.451 e. The summed E-state index contributed by atoms with van der Waals surface area (Å²) in [5, 5.41) is 13.0. The lowest BCUT2D eigenvalue weighted by atomic mass is 9.98. The molecule has 6 heterocycles. The van der Waals surface area contributed by atoms with Crippen molar-refractivity contribution in [1.82, 2.24) is 30.2 Å². The molecule has 0 spiro atoms. The van der Waals surface area contributed by atoms with E-state index in [1.807, 2.05) is 22.8 Å². The second kappa shape index (κ2) is 24.1. The van der Waals surface area contributed by atoms with Gasteiger partial charge in [-0.3, -0.25) is 0 Å². The van der Waals surface area contributed by atoms with Crippen LogP contribution in [0, 0.1) is 19.7 Å². The van der Waals surface area contributed by atoms with Crippen molar-refractivity contribution in [1.29, 1.82) is 0 Å². The van der Waals surface area contributed by atoms with Crippen LogP contribution in [-0.2, 0) is 21.8 Å². The van der Waals surface area contributed by atoms with Crippen LogP contribution < -0.4 is 50.6 Å². The van der Waals surface area contributed by atoms with Gasteiger partial charge < -0.3 is 60.1 Å². The molecule has 2 aliphatic rings. The SMILES string of the molecule is CNCCOc1cc(-c2cc(NC(=O)Nc3ccc(C(F)(F)F)nc3)c(F)c(OCCOc3cc(-c4cc(NC(=O)Nc5cnc(C(F)(F)F)nc5)ccc4C)cc(N4CCOCC4)n3)c2C)cc(N2CCOCC2)n1. The van der Waals surface area contributed by atoms with E-state index in [0.717, 1.165) is 30.2 Å². The number of morpholine rings is 2. The van der Waals surface area contributed by atoms with Crippen LogP contribution in [0.5, 0.6) is 17.5 Å². The average Bonchev–Trinajstić information content (AvgIpc) is 3.41. The van der Waals surface area contributed by atoms with Crippen molar-refractivity contribution >= 4 is 46.4 Å². The first-order valence-corrected chi connectivity index (χ1v) is 23.7. The number of hydrogen-bond acceptors (Lipinski definition) is 15. The number of urea groups is 2. The summed E-state index contributed by atoms with van der Waals surface area (Å²) in [5.74, 6) is -1.01. The minimum atomic E-state index is -4.75. The number of nitrogens with one attached hydrogen (secondary N) is 5. The fourth-order valence-electron chi connectivity index (χ4n) is 7.95. The van der Waals surface area contributed by atoms with Crippen molar-refractivity contribution in [2.45, 2.75) is 26.2 Å². The molecule has 2 aliphatic heterocycles. The quantitative estimate of drug-likeness (QED) is 0.0427. The first-order chi connectivity index (χ1) is 36.4. The molecule has 4 aromatic heterocycles. The van der Waals surface area contributed by atoms with Crippen molar-refractivity contribution in [3.05, 3.63) is 108 Å². The number of amides is 4. The Bertz CT molecular complexity index is 3000. The van der Waals surface area contributed by atoms with E-state index in [9.17, 15) is 35.9 Å². The van der Waals surface area contributed by atoms with Gasteiger partial charge in [0.25, 0.3) is 0 Å². The Morgan fingerprint density at radius 2 is 1.16 bits per heavy atom. The summed E-state index contributed by atoms with van der Waals surface area (Å²) in [5.41, 5.74) is 2.08. The summed E-state index contributed by atoms with van der Waals surface area (Å²) >= 11 is 0. The Morgan fingerprint density at radius 1 is 0.618 bits per heavy atom. The summed E-state index contributed by atoms with van der Waals surface area (Å²) in [6.07, 6.45) is -6.95. The molecule has 2 aromatic carbocycles. The number of anilines is 6. The van der Waals surface area contributed by atoms with E-state index in [2.05, 4.69) is 41.5 Å². The molecule has 6 aromatic rings. The second-order valence-corrected chi connectivity index (χ2v) is 17.1. The third-order valence-corrected chi connectivity index (χ3v) is 11.7. The highest BCUT2D eigenvalue weighted by Gasteiger charge is 2.35. The Balaban J connectivity index is 1.06. The molecule has 0 radical (unpaired) electrons. The molecule has 0 aliphatic carbocycles. The summed E-state index contributed by atoms with van der Waals surface area (Å²) in [7, 11) is 1.78. The standard InChI is InChI=1S/C50H51F7N12O7/c1-29-4-5-33(62-47(70)64-35-27-60-46(61-28-35)50(55,56)57)24-36(29)31-20-40(68-9-14-72-15-10-68)67-43(22-31)75-18-19-76-45-30(2)37(32-21-41(69-11-16-73-17-12-69)66-42(23-32)74-13-8-58-3)25-38(44(45)51)65-48(71)63-34-6-7-39(59-26-34)49(52,53)54/h4-7,20-28,58H,8-19H2,1-3H3,(H2,62,64,70)(H2,63,65,71). The van der Waals surface area contributed by atoms with Crippen LogP contribution in [0.2, 0.25) is 0 Å². The molecule has 2 fully saturated rings. The number of carbonyl (C=O) groups is 2. The van der Waals surface area contributed by atoms with Gasteiger partial charge in [-0.1, -0.05) is 6.07 Å². The van der Waals surface area contributed by atoms with Crippen molar-refractivity contribution in [2.24, 2.45) is 0 Å². The maximum atomic E-state index is 16.8. The topological polar surface area (TPSA) is 211 Å². The molecule has 0 bridgehead atoms. The average molecular weight is 1070 g/mol. The van der Waals surface area contributed by atoms with Gasteiger partial charge in [0.2, 0.25) is 17.6 Å². The van der Waals surface area contributed by atoms with Gasteiger partial charge in [0, 0.05) is 56.1 Å². The van der Waals surface area contributed by atoms with E-state index in [1.54, 1.807) is 50.4 Å². The fourth-order valence-corrected chi connectivity index (χ4v) is 7.95. The Kier molecular flexibility index (Phi) is 17.1. The first kappa shape index (κ1) is 54.2. The van der Waals surface area contributed by atoms with Gasteiger partial charge in [-0.25, -0.2) is 28.9 Å². The van der Waals surface area contributed by atoms with Crippen LogP contribution in [-0.4, -0.2) is 123 Å². The lowest BCUT2D eigenvalue weighted by molar-refractivity contribution is -0.145. The second-order valence-electron chi connectivity index (χ2n) is 17.1. The molecule has 4 amide bonds. The van der Waals surface area contributed by atoms with Crippen LogP contribution in [0.4, 0.5) is 74.7 Å². The number of alkyl halides is 6. The van der Waals surface area contributed by atoms with Gasteiger partial charge in [0.1, 0.15) is 37.2 Å². The zero-order valence-corrected chi connectivity index (χ0v) is 41.1. The Hall–Kier alpha value is -8.10. The molecule has 0 unspecified atom stereocenters. The molecular weight excluding hydrogens is 1010 g/mol. The van der Waals surface area contributed by atoms with Gasteiger partial charge >= 0.3 is 24.4 Å². The smallest absolute Gasteiger partial charge is 0.451 e. The number of benzene rings is 2. The fraction of sp³-hybridized carbons (Fsp3) is 0.340. The Labute approximate surface area is 430 Å². The molecule has 402 valence electrons. The Morgan fingerprint density at radius 3 is 1.74 bits per heavy atom.